The van der Waals surface area contributed by atoms with Crippen LogP contribution in [0.1, 0.15) is 44.4 Å². The predicted molar refractivity (Wildman–Crippen MR) is 136 cm³/mol. The zero-order chi connectivity index (χ0) is 25.2. The van der Waals surface area contributed by atoms with Crippen LogP contribution in [-0.4, -0.2) is 46.7 Å². The number of hydrogen-bond acceptors (Lipinski definition) is 4. The number of fused-ring (bicyclic) bond motifs is 1. The topological polar surface area (TPSA) is 104 Å². The summed E-state index contributed by atoms with van der Waals surface area (Å²) in [4.78, 5) is 43.4. The number of benzene rings is 2. The average Bonchev–Trinajstić information content (AvgIpc) is 3.26. The van der Waals surface area contributed by atoms with Crippen LogP contribution in [0.2, 0.25) is 5.02 Å². The van der Waals surface area contributed by atoms with Crippen molar-refractivity contribution in [2.24, 2.45) is 0 Å². The molecule has 2 atom stereocenters. The standard InChI is InChI=1S/C26H29ClN4O4/c1-26(2,3)35-25(34)31-12-11-18(15-31)29-24(33)30-22(16-7-5-4-6-8-16)20-14-28-21-13-17(27)9-10-19(21)23(20)32/h4-10,13-14,18,22H,11-12,15H2,1-3H3,(H,28,32)(H2,29,30,33). The molecule has 3 amide bonds. The minimum Gasteiger partial charge on any atom is -0.444 e. The van der Waals surface area contributed by atoms with Gasteiger partial charge in [0.1, 0.15) is 5.60 Å². The van der Waals surface area contributed by atoms with Gasteiger partial charge in [-0.2, -0.15) is 0 Å². The Morgan fingerprint density at radius 1 is 1.17 bits per heavy atom. The second kappa shape index (κ2) is 10.00. The average molecular weight is 497 g/mol. The lowest BCUT2D eigenvalue weighted by Crippen LogP contribution is -2.46. The van der Waals surface area contributed by atoms with Crippen molar-refractivity contribution in [3.05, 3.63) is 81.1 Å². The highest BCUT2D eigenvalue weighted by molar-refractivity contribution is 6.31. The van der Waals surface area contributed by atoms with Crippen LogP contribution in [0.15, 0.2) is 59.5 Å². The maximum absolute atomic E-state index is 13.3. The highest BCUT2D eigenvalue weighted by Crippen LogP contribution is 2.22. The van der Waals surface area contributed by atoms with Crippen LogP contribution in [0.3, 0.4) is 0 Å². The van der Waals surface area contributed by atoms with Crippen LogP contribution >= 0.6 is 11.6 Å². The number of urea groups is 1. The number of carbonyl (C=O) groups is 2. The molecule has 8 nitrogen and oxygen atoms in total. The van der Waals surface area contributed by atoms with Gasteiger partial charge in [0.25, 0.3) is 0 Å². The summed E-state index contributed by atoms with van der Waals surface area (Å²) in [6, 6.07) is 13.0. The first kappa shape index (κ1) is 24.6. The minimum atomic E-state index is -0.677. The van der Waals surface area contributed by atoms with Gasteiger partial charge in [-0.1, -0.05) is 41.9 Å². The van der Waals surface area contributed by atoms with E-state index in [2.05, 4.69) is 15.6 Å². The molecule has 2 unspecified atom stereocenters. The quantitative estimate of drug-likeness (QED) is 0.491. The first-order valence-electron chi connectivity index (χ1n) is 11.5. The fourth-order valence-electron chi connectivity index (χ4n) is 4.14. The highest BCUT2D eigenvalue weighted by atomic mass is 35.5. The van der Waals surface area contributed by atoms with E-state index in [9.17, 15) is 14.4 Å². The number of halogens is 1. The lowest BCUT2D eigenvalue weighted by molar-refractivity contribution is 0.0291. The van der Waals surface area contributed by atoms with E-state index in [1.807, 2.05) is 51.1 Å². The molecule has 1 saturated heterocycles. The Kier molecular flexibility index (Phi) is 7.03. The number of ether oxygens (including phenoxy) is 1. The van der Waals surface area contributed by atoms with Crippen LogP contribution < -0.4 is 16.1 Å². The molecular formula is C26H29ClN4O4. The van der Waals surface area contributed by atoms with Crippen molar-refractivity contribution >= 4 is 34.6 Å². The summed E-state index contributed by atoms with van der Waals surface area (Å²) in [5, 5.41) is 6.88. The number of carbonyl (C=O) groups excluding carboxylic acids is 2. The van der Waals surface area contributed by atoms with Crippen LogP contribution in [-0.2, 0) is 4.74 Å². The Balaban J connectivity index is 1.52. The molecule has 0 spiro atoms. The molecule has 4 rings (SSSR count). The summed E-state index contributed by atoms with van der Waals surface area (Å²) in [6.45, 7) is 6.30. The number of aromatic amines is 1. The van der Waals surface area contributed by atoms with Gasteiger partial charge in [-0.05, 0) is 51.0 Å². The van der Waals surface area contributed by atoms with E-state index in [-0.39, 0.29) is 11.5 Å². The second-order valence-electron chi connectivity index (χ2n) is 9.64. The molecule has 1 fully saturated rings. The second-order valence-corrected chi connectivity index (χ2v) is 10.1. The number of nitrogens with zero attached hydrogens (tertiary/aromatic N) is 1. The molecule has 9 heteroatoms. The molecule has 2 heterocycles. The Morgan fingerprint density at radius 3 is 2.63 bits per heavy atom. The monoisotopic (exact) mass is 496 g/mol. The Bertz CT molecular complexity index is 1290. The first-order chi connectivity index (χ1) is 16.6. The van der Waals surface area contributed by atoms with E-state index in [1.54, 1.807) is 29.3 Å². The summed E-state index contributed by atoms with van der Waals surface area (Å²) < 4.78 is 5.42. The number of rotatable bonds is 4. The largest absolute Gasteiger partial charge is 0.444 e. The van der Waals surface area contributed by atoms with Gasteiger partial charge in [0, 0.05) is 41.3 Å². The fraction of sp³-hybridized carbons (Fsp3) is 0.346. The van der Waals surface area contributed by atoms with E-state index in [0.29, 0.717) is 41.0 Å². The molecule has 0 radical (unpaired) electrons. The molecule has 3 aromatic rings. The minimum absolute atomic E-state index is 0.193. The van der Waals surface area contributed by atoms with Gasteiger partial charge in [0.05, 0.1) is 11.6 Å². The van der Waals surface area contributed by atoms with Crippen molar-refractivity contribution in [1.29, 1.82) is 0 Å². The summed E-state index contributed by atoms with van der Waals surface area (Å²) in [5.41, 5.74) is 1.02. The van der Waals surface area contributed by atoms with Gasteiger partial charge in [0.15, 0.2) is 5.43 Å². The molecule has 184 valence electrons. The number of aromatic nitrogens is 1. The zero-order valence-electron chi connectivity index (χ0n) is 19.9. The maximum atomic E-state index is 13.3. The Labute approximate surface area is 208 Å². The van der Waals surface area contributed by atoms with Crippen molar-refractivity contribution in [2.45, 2.75) is 44.9 Å². The maximum Gasteiger partial charge on any atom is 0.410 e. The zero-order valence-corrected chi connectivity index (χ0v) is 20.7. The lowest BCUT2D eigenvalue weighted by Gasteiger charge is -2.25. The molecule has 1 aromatic heterocycles. The van der Waals surface area contributed by atoms with Gasteiger partial charge >= 0.3 is 12.1 Å². The van der Waals surface area contributed by atoms with Gasteiger partial charge in [0.2, 0.25) is 0 Å². The molecule has 3 N–H and O–H groups in total. The van der Waals surface area contributed by atoms with E-state index in [1.165, 1.54) is 0 Å². The molecule has 2 aromatic carbocycles. The third-order valence-corrected chi connectivity index (χ3v) is 6.00. The lowest BCUT2D eigenvalue weighted by atomic mass is 9.98. The van der Waals surface area contributed by atoms with Crippen molar-refractivity contribution in [3.63, 3.8) is 0 Å². The van der Waals surface area contributed by atoms with E-state index in [0.717, 1.165) is 5.56 Å². The third-order valence-electron chi connectivity index (χ3n) is 5.77. The summed E-state index contributed by atoms with van der Waals surface area (Å²) >= 11 is 6.06. The van der Waals surface area contributed by atoms with Gasteiger partial charge < -0.3 is 25.3 Å². The fourth-order valence-corrected chi connectivity index (χ4v) is 4.31. The third kappa shape index (κ3) is 5.95. The van der Waals surface area contributed by atoms with Crippen LogP contribution in [0.25, 0.3) is 10.9 Å². The molecular weight excluding hydrogens is 468 g/mol. The van der Waals surface area contributed by atoms with E-state index < -0.39 is 23.8 Å². The summed E-state index contributed by atoms with van der Waals surface area (Å²) in [6.07, 6.45) is 1.82. The van der Waals surface area contributed by atoms with Crippen LogP contribution in [0.4, 0.5) is 9.59 Å². The SMILES string of the molecule is CC(C)(C)OC(=O)N1CCC(NC(=O)NC(c2ccccc2)c2c[nH]c3cc(Cl)ccc3c2=O)C1. The number of nitrogens with one attached hydrogen (secondary N) is 3. The number of likely N-dealkylation sites (tertiary alicyclic amines) is 1. The number of pyridine rings is 1. The number of H-pyrrole nitrogens is 1. The molecule has 1 aliphatic heterocycles. The van der Waals surface area contributed by atoms with E-state index in [4.69, 9.17) is 16.3 Å². The number of amides is 3. The Hall–Kier alpha value is -3.52. The smallest absolute Gasteiger partial charge is 0.410 e. The van der Waals surface area contributed by atoms with Crippen LogP contribution in [0.5, 0.6) is 0 Å². The predicted octanol–water partition coefficient (Wildman–Crippen LogP) is 4.58. The van der Waals surface area contributed by atoms with Crippen LogP contribution in [0, 0.1) is 0 Å². The first-order valence-corrected chi connectivity index (χ1v) is 11.9. The van der Waals surface area contributed by atoms with Gasteiger partial charge in [-0.3, -0.25) is 4.79 Å². The molecule has 0 bridgehead atoms. The molecule has 0 aliphatic carbocycles. The molecule has 1 aliphatic rings. The number of hydrogen-bond donors (Lipinski definition) is 3. The molecule has 35 heavy (non-hydrogen) atoms. The van der Waals surface area contributed by atoms with E-state index >= 15 is 0 Å². The normalized spacial score (nSPS) is 16.7. The summed E-state index contributed by atoms with van der Waals surface area (Å²) in [5.74, 6) is 0. The summed E-state index contributed by atoms with van der Waals surface area (Å²) in [7, 11) is 0. The van der Waals surface area contributed by atoms with Crippen molar-refractivity contribution in [2.75, 3.05) is 13.1 Å². The molecule has 0 saturated carbocycles. The van der Waals surface area contributed by atoms with Gasteiger partial charge in [-0.25, -0.2) is 9.59 Å². The van der Waals surface area contributed by atoms with Crippen molar-refractivity contribution in [3.8, 4) is 0 Å². The van der Waals surface area contributed by atoms with Gasteiger partial charge in [-0.15, -0.1) is 0 Å². The van der Waals surface area contributed by atoms with Crippen molar-refractivity contribution in [1.82, 2.24) is 20.5 Å². The Morgan fingerprint density at radius 2 is 1.91 bits per heavy atom. The van der Waals surface area contributed by atoms with Crippen molar-refractivity contribution < 1.29 is 14.3 Å². The highest BCUT2D eigenvalue weighted by Gasteiger charge is 2.31.